The van der Waals surface area contributed by atoms with E-state index in [1.807, 2.05) is 0 Å². The molecule has 2 rings (SSSR count). The second kappa shape index (κ2) is 1.12. The Hall–Kier alpha value is -0.260. The molecule has 0 N–H and O–H groups in total. The Morgan fingerprint density at radius 1 is 1.29 bits per heavy atom. The maximum absolute atomic E-state index is 2.30. The topological polar surface area (TPSA) is 0 Å². The minimum atomic E-state index is 0.937. The molecule has 0 aromatic rings. The van der Waals surface area contributed by atoms with Crippen LogP contribution in [0.1, 0.15) is 19.3 Å². The van der Waals surface area contributed by atoms with Gasteiger partial charge < -0.3 is 0 Å². The van der Waals surface area contributed by atoms with Crippen molar-refractivity contribution in [2.24, 2.45) is 11.8 Å². The van der Waals surface area contributed by atoms with Crippen LogP contribution in [-0.2, 0) is 0 Å². The van der Waals surface area contributed by atoms with Crippen LogP contribution in [0.2, 0.25) is 0 Å². The molecular weight excluding hydrogens is 84.1 g/mol. The highest BCUT2D eigenvalue weighted by molar-refractivity contribution is 5.14. The van der Waals surface area contributed by atoms with E-state index in [-0.39, 0.29) is 0 Å². The van der Waals surface area contributed by atoms with Gasteiger partial charge in [-0.2, -0.15) is 0 Å². The van der Waals surface area contributed by atoms with Crippen molar-refractivity contribution >= 4 is 0 Å². The molecule has 0 radical (unpaired) electrons. The van der Waals surface area contributed by atoms with E-state index in [4.69, 9.17) is 0 Å². The fourth-order valence-electron chi connectivity index (χ4n) is 0.974. The van der Waals surface area contributed by atoms with Gasteiger partial charge in [-0.15, -0.1) is 0 Å². The number of hydrogen-bond donors (Lipinski definition) is 0. The number of allylic oxidation sites excluding steroid dienone is 2. The maximum Gasteiger partial charge on any atom is -0.00504 e. The molecule has 1 fully saturated rings. The standard InChI is InChI=1S/C7H10/c1-2-6(1)5-7-3-4-7/h1-2,6-7H,3-5H2. The normalized spacial score (nSPS) is 28.6. The van der Waals surface area contributed by atoms with Gasteiger partial charge in [0, 0.05) is 0 Å². The van der Waals surface area contributed by atoms with Crippen LogP contribution in [0.25, 0.3) is 0 Å². The summed E-state index contributed by atoms with van der Waals surface area (Å²) in [6, 6.07) is 0. The molecule has 0 aromatic heterocycles. The highest BCUT2D eigenvalue weighted by atomic mass is 14.3. The summed E-state index contributed by atoms with van der Waals surface area (Å²) in [5, 5.41) is 0. The first kappa shape index (κ1) is 3.71. The van der Waals surface area contributed by atoms with E-state index in [1.165, 1.54) is 19.3 Å². The van der Waals surface area contributed by atoms with Gasteiger partial charge in [0.1, 0.15) is 0 Å². The third-order valence-electron chi connectivity index (χ3n) is 1.77. The van der Waals surface area contributed by atoms with E-state index >= 15 is 0 Å². The lowest BCUT2D eigenvalue weighted by molar-refractivity contribution is 0.689. The van der Waals surface area contributed by atoms with Crippen molar-refractivity contribution in [3.63, 3.8) is 0 Å². The zero-order valence-corrected chi connectivity index (χ0v) is 4.43. The van der Waals surface area contributed by atoms with Crippen molar-refractivity contribution in [1.29, 1.82) is 0 Å². The summed E-state index contributed by atoms with van der Waals surface area (Å²) >= 11 is 0. The molecule has 0 aliphatic heterocycles. The largest absolute Gasteiger partial charge is 0.0810 e. The van der Waals surface area contributed by atoms with Gasteiger partial charge in [0.15, 0.2) is 0 Å². The Balaban J connectivity index is 1.71. The Labute approximate surface area is 44.2 Å². The average molecular weight is 94.2 g/mol. The van der Waals surface area contributed by atoms with Crippen LogP contribution in [0.4, 0.5) is 0 Å². The minimum Gasteiger partial charge on any atom is -0.0810 e. The number of rotatable bonds is 2. The minimum absolute atomic E-state index is 0.937. The Morgan fingerprint density at radius 3 is 2.43 bits per heavy atom. The van der Waals surface area contributed by atoms with E-state index < -0.39 is 0 Å². The van der Waals surface area contributed by atoms with Gasteiger partial charge in [-0.05, 0) is 18.3 Å². The molecule has 2 aliphatic carbocycles. The molecule has 0 aromatic carbocycles. The van der Waals surface area contributed by atoms with E-state index in [9.17, 15) is 0 Å². The van der Waals surface area contributed by atoms with Crippen LogP contribution >= 0.6 is 0 Å². The van der Waals surface area contributed by atoms with Crippen molar-refractivity contribution in [1.82, 2.24) is 0 Å². The fourth-order valence-corrected chi connectivity index (χ4v) is 0.974. The molecule has 0 nitrogen and oxygen atoms in total. The van der Waals surface area contributed by atoms with E-state index in [1.54, 1.807) is 0 Å². The summed E-state index contributed by atoms with van der Waals surface area (Å²) in [6.07, 6.45) is 9.10. The third kappa shape index (κ3) is 0.846. The lowest BCUT2D eigenvalue weighted by atomic mass is 10.2. The number of hydrogen-bond acceptors (Lipinski definition) is 0. The van der Waals surface area contributed by atoms with Crippen molar-refractivity contribution in [2.45, 2.75) is 19.3 Å². The zero-order valence-electron chi connectivity index (χ0n) is 4.43. The van der Waals surface area contributed by atoms with Gasteiger partial charge in [-0.3, -0.25) is 0 Å². The van der Waals surface area contributed by atoms with Crippen molar-refractivity contribution in [3.8, 4) is 0 Å². The predicted octanol–water partition coefficient (Wildman–Crippen LogP) is 1.97. The highest BCUT2D eigenvalue weighted by Gasteiger charge is 2.26. The molecule has 1 saturated carbocycles. The summed E-state index contributed by atoms with van der Waals surface area (Å²) in [7, 11) is 0. The lowest BCUT2D eigenvalue weighted by Gasteiger charge is -1.87. The molecule has 0 heterocycles. The Kier molecular flexibility index (Phi) is 0.592. The van der Waals surface area contributed by atoms with Crippen molar-refractivity contribution in [2.75, 3.05) is 0 Å². The van der Waals surface area contributed by atoms with Crippen molar-refractivity contribution < 1.29 is 0 Å². The van der Waals surface area contributed by atoms with Crippen LogP contribution in [-0.4, -0.2) is 0 Å². The van der Waals surface area contributed by atoms with Gasteiger partial charge in [-0.25, -0.2) is 0 Å². The summed E-state index contributed by atoms with van der Waals surface area (Å²) in [4.78, 5) is 0. The average Bonchev–Trinajstić information content (AvgIpc) is 2.33. The van der Waals surface area contributed by atoms with E-state index in [0.717, 1.165) is 11.8 Å². The van der Waals surface area contributed by atoms with E-state index in [2.05, 4.69) is 12.2 Å². The second-order valence-corrected chi connectivity index (χ2v) is 2.73. The quantitative estimate of drug-likeness (QED) is 0.459. The summed E-state index contributed by atoms with van der Waals surface area (Å²) in [6.45, 7) is 0. The van der Waals surface area contributed by atoms with E-state index in [0.29, 0.717) is 0 Å². The SMILES string of the molecule is C1=CC1CC1CC1. The first-order valence-corrected chi connectivity index (χ1v) is 3.13. The summed E-state index contributed by atoms with van der Waals surface area (Å²) in [5.41, 5.74) is 0. The molecular formula is C7H10. The predicted molar refractivity (Wildman–Crippen MR) is 30.0 cm³/mol. The molecule has 0 spiro atoms. The summed E-state index contributed by atoms with van der Waals surface area (Å²) < 4.78 is 0. The Bertz CT molecular complexity index is 92.6. The molecule has 0 amide bonds. The first-order chi connectivity index (χ1) is 3.45. The maximum atomic E-state index is 2.30. The monoisotopic (exact) mass is 94.1 g/mol. The molecule has 0 atom stereocenters. The molecule has 0 heteroatoms. The molecule has 0 saturated heterocycles. The lowest BCUT2D eigenvalue weighted by Crippen LogP contribution is -1.77. The first-order valence-electron chi connectivity index (χ1n) is 3.13. The smallest absolute Gasteiger partial charge is 0.00504 e. The second-order valence-electron chi connectivity index (χ2n) is 2.73. The third-order valence-corrected chi connectivity index (χ3v) is 1.77. The Morgan fingerprint density at radius 2 is 2.00 bits per heavy atom. The van der Waals surface area contributed by atoms with Crippen LogP contribution in [0.3, 0.4) is 0 Å². The van der Waals surface area contributed by atoms with Gasteiger partial charge in [0.2, 0.25) is 0 Å². The van der Waals surface area contributed by atoms with Gasteiger partial charge in [0.05, 0.1) is 0 Å². The van der Waals surface area contributed by atoms with Gasteiger partial charge in [-0.1, -0.05) is 25.0 Å². The fraction of sp³-hybridized carbons (Fsp3) is 0.714. The molecule has 0 bridgehead atoms. The molecule has 0 unspecified atom stereocenters. The van der Waals surface area contributed by atoms with Crippen LogP contribution < -0.4 is 0 Å². The zero-order chi connectivity index (χ0) is 4.69. The molecule has 2 aliphatic rings. The molecule has 38 valence electrons. The summed E-state index contributed by atoms with van der Waals surface area (Å²) in [5.74, 6) is 2.06. The van der Waals surface area contributed by atoms with Gasteiger partial charge >= 0.3 is 0 Å². The van der Waals surface area contributed by atoms with Crippen LogP contribution in [0, 0.1) is 11.8 Å². The van der Waals surface area contributed by atoms with Crippen molar-refractivity contribution in [3.05, 3.63) is 12.2 Å². The molecule has 7 heavy (non-hydrogen) atoms. The van der Waals surface area contributed by atoms with Gasteiger partial charge in [0.25, 0.3) is 0 Å². The highest BCUT2D eigenvalue weighted by Crippen LogP contribution is 2.39. The van der Waals surface area contributed by atoms with Crippen LogP contribution in [0.5, 0.6) is 0 Å². The van der Waals surface area contributed by atoms with Crippen LogP contribution in [0.15, 0.2) is 12.2 Å².